The Morgan fingerprint density at radius 3 is 2.44 bits per heavy atom. The van der Waals surface area contributed by atoms with Gasteiger partial charge >= 0.3 is 0 Å². The van der Waals surface area contributed by atoms with E-state index in [9.17, 15) is 14.0 Å². The van der Waals surface area contributed by atoms with E-state index < -0.39 is 5.82 Å². The van der Waals surface area contributed by atoms with E-state index >= 15 is 0 Å². The molecule has 0 radical (unpaired) electrons. The fourth-order valence-electron chi connectivity index (χ4n) is 2.12. The number of para-hydroxylation sites is 1. The van der Waals surface area contributed by atoms with E-state index in [0.717, 1.165) is 5.56 Å². The van der Waals surface area contributed by atoms with Crippen LogP contribution in [0.25, 0.3) is 0 Å². The summed E-state index contributed by atoms with van der Waals surface area (Å²) in [5.41, 5.74) is 1.46. The molecule has 5 nitrogen and oxygen atoms in total. The van der Waals surface area contributed by atoms with Crippen molar-refractivity contribution in [1.82, 2.24) is 10.6 Å². The van der Waals surface area contributed by atoms with E-state index in [1.165, 1.54) is 13.0 Å². The lowest BCUT2D eigenvalue weighted by molar-refractivity contribution is -0.119. The van der Waals surface area contributed by atoms with Crippen molar-refractivity contribution >= 4 is 11.8 Å². The fraction of sp³-hybridized carbons (Fsp3) is 0.263. The maximum absolute atomic E-state index is 13.4. The third-order valence-electron chi connectivity index (χ3n) is 3.46. The first-order valence-corrected chi connectivity index (χ1v) is 8.05. The third-order valence-corrected chi connectivity index (χ3v) is 3.46. The van der Waals surface area contributed by atoms with Crippen LogP contribution in [-0.2, 0) is 11.3 Å². The minimum absolute atomic E-state index is 0.0978. The number of hydrogen-bond acceptors (Lipinski definition) is 3. The highest BCUT2D eigenvalue weighted by Crippen LogP contribution is 2.15. The van der Waals surface area contributed by atoms with Gasteiger partial charge in [-0.25, -0.2) is 4.39 Å². The van der Waals surface area contributed by atoms with Crippen LogP contribution in [0.15, 0.2) is 48.5 Å². The monoisotopic (exact) mass is 344 g/mol. The SMILES string of the molecule is CC(=O)NCc1ccc(C(=O)NCCCOc2ccccc2F)cc1. The Labute approximate surface area is 146 Å². The molecule has 2 amide bonds. The number of rotatable bonds is 8. The van der Waals surface area contributed by atoms with Gasteiger partial charge < -0.3 is 15.4 Å². The van der Waals surface area contributed by atoms with Gasteiger partial charge in [0.2, 0.25) is 5.91 Å². The number of nitrogens with one attached hydrogen (secondary N) is 2. The molecule has 2 N–H and O–H groups in total. The average Bonchev–Trinajstić information content (AvgIpc) is 2.61. The zero-order chi connectivity index (χ0) is 18.1. The van der Waals surface area contributed by atoms with Crippen molar-refractivity contribution < 1.29 is 18.7 Å². The minimum Gasteiger partial charge on any atom is -0.490 e. The third kappa shape index (κ3) is 6.25. The van der Waals surface area contributed by atoms with Gasteiger partial charge in [-0.15, -0.1) is 0 Å². The Balaban J connectivity index is 1.69. The van der Waals surface area contributed by atoms with Crippen LogP contribution in [0.3, 0.4) is 0 Å². The lowest BCUT2D eigenvalue weighted by Gasteiger charge is -2.08. The normalized spacial score (nSPS) is 10.2. The highest BCUT2D eigenvalue weighted by molar-refractivity contribution is 5.94. The molecule has 0 heterocycles. The molecule has 0 saturated carbocycles. The molecule has 0 atom stereocenters. The second-order valence-electron chi connectivity index (χ2n) is 5.50. The summed E-state index contributed by atoms with van der Waals surface area (Å²) >= 11 is 0. The number of carbonyl (C=O) groups excluding carboxylic acids is 2. The Bertz CT molecular complexity index is 717. The Morgan fingerprint density at radius 1 is 1.04 bits per heavy atom. The van der Waals surface area contributed by atoms with E-state index in [-0.39, 0.29) is 17.6 Å². The molecule has 25 heavy (non-hydrogen) atoms. The predicted octanol–water partition coefficient (Wildman–Crippen LogP) is 2.66. The van der Waals surface area contributed by atoms with Crippen LogP contribution in [0.1, 0.15) is 29.3 Å². The summed E-state index contributed by atoms with van der Waals surface area (Å²) in [5, 5.41) is 5.48. The summed E-state index contributed by atoms with van der Waals surface area (Å²) < 4.78 is 18.7. The predicted molar refractivity (Wildman–Crippen MR) is 92.8 cm³/mol. The second kappa shape index (κ2) is 9.42. The van der Waals surface area contributed by atoms with E-state index in [1.54, 1.807) is 42.5 Å². The van der Waals surface area contributed by atoms with Crippen LogP contribution in [0.5, 0.6) is 5.75 Å². The molecule has 2 rings (SSSR count). The van der Waals surface area contributed by atoms with Crippen LogP contribution >= 0.6 is 0 Å². The van der Waals surface area contributed by atoms with Crippen molar-refractivity contribution in [3.05, 3.63) is 65.5 Å². The molecule has 0 fully saturated rings. The molecular weight excluding hydrogens is 323 g/mol. The minimum atomic E-state index is -0.397. The van der Waals surface area contributed by atoms with Gasteiger partial charge in [0, 0.05) is 25.6 Å². The molecule has 0 aromatic heterocycles. The van der Waals surface area contributed by atoms with Crippen LogP contribution in [0.4, 0.5) is 4.39 Å². The highest BCUT2D eigenvalue weighted by atomic mass is 19.1. The maximum Gasteiger partial charge on any atom is 0.251 e. The number of amides is 2. The first-order valence-electron chi connectivity index (χ1n) is 8.05. The van der Waals surface area contributed by atoms with Crippen LogP contribution in [0, 0.1) is 5.82 Å². The standard InChI is InChI=1S/C19H21FN2O3/c1-14(23)22-13-15-7-9-16(10-8-15)19(24)21-11-4-12-25-18-6-3-2-5-17(18)20/h2-3,5-10H,4,11-13H2,1H3,(H,21,24)(H,22,23). The van der Waals surface area contributed by atoms with Crippen molar-refractivity contribution in [3.8, 4) is 5.75 Å². The smallest absolute Gasteiger partial charge is 0.251 e. The van der Waals surface area contributed by atoms with Gasteiger partial charge in [-0.05, 0) is 36.2 Å². The van der Waals surface area contributed by atoms with Crippen molar-refractivity contribution in [2.24, 2.45) is 0 Å². The zero-order valence-electron chi connectivity index (χ0n) is 14.0. The van der Waals surface area contributed by atoms with E-state index in [1.807, 2.05) is 0 Å². The Morgan fingerprint density at radius 2 is 1.76 bits per heavy atom. The number of ether oxygens (including phenoxy) is 1. The number of halogens is 1. The van der Waals surface area contributed by atoms with Gasteiger partial charge in [-0.1, -0.05) is 24.3 Å². The Kier molecular flexibility index (Phi) is 6.95. The fourth-order valence-corrected chi connectivity index (χ4v) is 2.12. The summed E-state index contributed by atoms with van der Waals surface area (Å²) in [6.07, 6.45) is 0.570. The van der Waals surface area contributed by atoms with E-state index in [2.05, 4.69) is 10.6 Å². The van der Waals surface area contributed by atoms with Gasteiger partial charge in [0.25, 0.3) is 5.91 Å². The van der Waals surface area contributed by atoms with E-state index in [0.29, 0.717) is 31.7 Å². The van der Waals surface area contributed by atoms with E-state index in [4.69, 9.17) is 4.74 Å². The van der Waals surface area contributed by atoms with Crippen molar-refractivity contribution in [2.45, 2.75) is 19.9 Å². The largest absolute Gasteiger partial charge is 0.490 e. The quantitative estimate of drug-likeness (QED) is 0.724. The van der Waals surface area contributed by atoms with Gasteiger partial charge in [-0.2, -0.15) is 0 Å². The average molecular weight is 344 g/mol. The van der Waals surface area contributed by atoms with Gasteiger partial charge in [0.1, 0.15) is 0 Å². The number of hydrogen-bond donors (Lipinski definition) is 2. The Hall–Kier alpha value is -2.89. The molecule has 0 unspecified atom stereocenters. The van der Waals surface area contributed by atoms with Crippen LogP contribution in [-0.4, -0.2) is 25.0 Å². The first-order chi connectivity index (χ1) is 12.1. The molecule has 132 valence electrons. The number of benzene rings is 2. The van der Waals surface area contributed by atoms with Crippen LogP contribution in [0.2, 0.25) is 0 Å². The van der Waals surface area contributed by atoms with Crippen molar-refractivity contribution in [1.29, 1.82) is 0 Å². The molecular formula is C19H21FN2O3. The topological polar surface area (TPSA) is 67.4 Å². The molecule has 0 spiro atoms. The van der Waals surface area contributed by atoms with Crippen LogP contribution < -0.4 is 15.4 Å². The molecule has 0 aliphatic rings. The molecule has 2 aromatic carbocycles. The summed E-state index contributed by atoms with van der Waals surface area (Å²) in [4.78, 5) is 22.9. The summed E-state index contributed by atoms with van der Waals surface area (Å²) in [7, 11) is 0. The molecule has 0 saturated heterocycles. The van der Waals surface area contributed by atoms with Gasteiger partial charge in [-0.3, -0.25) is 9.59 Å². The molecule has 6 heteroatoms. The van der Waals surface area contributed by atoms with Crippen molar-refractivity contribution in [2.75, 3.05) is 13.2 Å². The lowest BCUT2D eigenvalue weighted by Crippen LogP contribution is -2.25. The second-order valence-corrected chi connectivity index (χ2v) is 5.50. The molecule has 0 bridgehead atoms. The first kappa shape index (κ1) is 18.4. The molecule has 0 aliphatic heterocycles. The molecule has 0 aliphatic carbocycles. The van der Waals surface area contributed by atoms with Gasteiger partial charge in [0.05, 0.1) is 6.61 Å². The summed E-state index contributed by atoms with van der Waals surface area (Å²) in [6.45, 7) is 2.64. The summed E-state index contributed by atoms with van der Waals surface area (Å²) in [6, 6.07) is 13.2. The summed E-state index contributed by atoms with van der Waals surface area (Å²) in [5.74, 6) is -0.467. The zero-order valence-corrected chi connectivity index (χ0v) is 14.0. The molecule has 2 aromatic rings. The highest BCUT2D eigenvalue weighted by Gasteiger charge is 2.05. The lowest BCUT2D eigenvalue weighted by atomic mass is 10.1. The van der Waals surface area contributed by atoms with Gasteiger partial charge in [0.15, 0.2) is 11.6 Å². The maximum atomic E-state index is 13.4. The van der Waals surface area contributed by atoms with Crippen molar-refractivity contribution in [3.63, 3.8) is 0 Å². The number of carbonyl (C=O) groups is 2.